The van der Waals surface area contributed by atoms with Gasteiger partial charge in [0.2, 0.25) is 11.8 Å². The molecule has 3 aromatic rings. The molecule has 2 amide bonds. The Labute approximate surface area is 229 Å². The number of allylic oxidation sites excluding steroid dienone is 1. The minimum atomic E-state index is -0.720. The van der Waals surface area contributed by atoms with Crippen molar-refractivity contribution in [2.75, 3.05) is 6.54 Å². The zero-order chi connectivity index (χ0) is 26.7. The second-order valence-corrected chi connectivity index (χ2v) is 10.2. The molecule has 0 radical (unpaired) electrons. The van der Waals surface area contributed by atoms with Crippen LogP contribution in [0.2, 0.25) is 5.02 Å². The van der Waals surface area contributed by atoms with E-state index in [-0.39, 0.29) is 30.6 Å². The summed E-state index contributed by atoms with van der Waals surface area (Å²) in [7, 11) is 0. The van der Waals surface area contributed by atoms with Gasteiger partial charge >= 0.3 is 0 Å². The van der Waals surface area contributed by atoms with Crippen LogP contribution in [0.3, 0.4) is 0 Å². The van der Waals surface area contributed by atoms with Gasteiger partial charge in [0.15, 0.2) is 0 Å². The highest BCUT2D eigenvalue weighted by atomic mass is 35.5. The molecule has 1 atom stereocenters. The fourth-order valence-corrected chi connectivity index (χ4v) is 4.94. The quantitative estimate of drug-likeness (QED) is 0.280. The van der Waals surface area contributed by atoms with E-state index in [0.29, 0.717) is 18.0 Å². The van der Waals surface area contributed by atoms with Crippen LogP contribution in [0.15, 0.2) is 90.5 Å². The third kappa shape index (κ3) is 8.29. The number of hydrogen-bond acceptors (Lipinski definition) is 2. The highest BCUT2D eigenvalue weighted by Gasteiger charge is 2.30. The summed E-state index contributed by atoms with van der Waals surface area (Å²) in [5, 5.41) is 3.70. The van der Waals surface area contributed by atoms with E-state index in [1.165, 1.54) is 30.5 Å². The van der Waals surface area contributed by atoms with E-state index >= 15 is 0 Å². The third-order valence-corrected chi connectivity index (χ3v) is 7.19. The van der Waals surface area contributed by atoms with Crippen LogP contribution < -0.4 is 5.32 Å². The fourth-order valence-electron chi connectivity index (χ4n) is 4.81. The van der Waals surface area contributed by atoms with Crippen molar-refractivity contribution in [1.29, 1.82) is 0 Å². The minimum absolute atomic E-state index is 0.129. The first-order valence-electron chi connectivity index (χ1n) is 13.3. The van der Waals surface area contributed by atoms with Gasteiger partial charge < -0.3 is 10.2 Å². The number of carbonyl (C=O) groups excluding carboxylic acids is 2. The van der Waals surface area contributed by atoms with E-state index in [9.17, 15) is 14.0 Å². The first kappa shape index (κ1) is 27.6. The van der Waals surface area contributed by atoms with E-state index < -0.39 is 6.04 Å². The van der Waals surface area contributed by atoms with E-state index in [1.807, 2.05) is 42.5 Å². The van der Waals surface area contributed by atoms with E-state index in [4.69, 9.17) is 11.6 Å². The first-order valence-corrected chi connectivity index (χ1v) is 13.6. The van der Waals surface area contributed by atoms with Crippen molar-refractivity contribution in [3.8, 4) is 0 Å². The lowest BCUT2D eigenvalue weighted by Crippen LogP contribution is -2.51. The molecule has 0 unspecified atom stereocenters. The molecular formula is C32H34ClFN2O2. The van der Waals surface area contributed by atoms with Gasteiger partial charge in [0, 0.05) is 24.5 Å². The summed E-state index contributed by atoms with van der Waals surface area (Å²) in [6.07, 6.45) is 8.22. The van der Waals surface area contributed by atoms with Gasteiger partial charge in [0.25, 0.3) is 0 Å². The lowest BCUT2D eigenvalue weighted by molar-refractivity contribution is -0.140. The monoisotopic (exact) mass is 532 g/mol. The molecule has 0 saturated carbocycles. The first-order chi connectivity index (χ1) is 18.5. The molecule has 0 saturated heterocycles. The van der Waals surface area contributed by atoms with Crippen molar-refractivity contribution in [1.82, 2.24) is 10.2 Å². The van der Waals surface area contributed by atoms with Gasteiger partial charge in [0.1, 0.15) is 11.9 Å². The number of nitrogens with zero attached hydrogens (tertiary/aromatic N) is 1. The average Bonchev–Trinajstić information content (AvgIpc) is 2.94. The molecule has 1 aliphatic rings. The topological polar surface area (TPSA) is 49.4 Å². The van der Waals surface area contributed by atoms with Crippen molar-refractivity contribution in [2.45, 2.75) is 57.5 Å². The van der Waals surface area contributed by atoms with Gasteiger partial charge in [-0.15, -0.1) is 0 Å². The number of halogens is 2. The van der Waals surface area contributed by atoms with Crippen molar-refractivity contribution >= 4 is 23.4 Å². The predicted molar refractivity (Wildman–Crippen MR) is 150 cm³/mol. The lowest BCUT2D eigenvalue weighted by Gasteiger charge is -2.32. The summed E-state index contributed by atoms with van der Waals surface area (Å²) < 4.78 is 13.6. The predicted octanol–water partition coefficient (Wildman–Crippen LogP) is 6.67. The van der Waals surface area contributed by atoms with Gasteiger partial charge in [-0.05, 0) is 73.1 Å². The van der Waals surface area contributed by atoms with Gasteiger partial charge in [-0.2, -0.15) is 0 Å². The molecule has 0 bridgehead atoms. The lowest BCUT2D eigenvalue weighted by atomic mass is 9.97. The largest absolute Gasteiger partial charge is 0.354 e. The molecule has 0 aromatic heterocycles. The van der Waals surface area contributed by atoms with Crippen LogP contribution in [-0.2, 0) is 29.0 Å². The molecule has 0 heterocycles. The summed E-state index contributed by atoms with van der Waals surface area (Å²) >= 11 is 6.03. The molecule has 0 spiro atoms. The number of amides is 2. The zero-order valence-electron chi connectivity index (χ0n) is 21.5. The van der Waals surface area contributed by atoms with E-state index in [0.717, 1.165) is 36.0 Å². The van der Waals surface area contributed by atoms with Crippen LogP contribution in [0.5, 0.6) is 0 Å². The molecule has 3 aromatic carbocycles. The van der Waals surface area contributed by atoms with Crippen LogP contribution in [0.25, 0.3) is 0 Å². The molecule has 198 valence electrons. The molecule has 4 rings (SSSR count). The zero-order valence-corrected chi connectivity index (χ0v) is 22.3. The summed E-state index contributed by atoms with van der Waals surface area (Å²) in [5.41, 5.74) is 3.92. The van der Waals surface area contributed by atoms with Gasteiger partial charge in [0.05, 0.1) is 6.42 Å². The second-order valence-electron chi connectivity index (χ2n) is 9.81. The summed E-state index contributed by atoms with van der Waals surface area (Å²) in [5.74, 6) is -0.706. The molecular weight excluding hydrogens is 499 g/mol. The van der Waals surface area contributed by atoms with Crippen LogP contribution in [0.4, 0.5) is 4.39 Å². The summed E-state index contributed by atoms with van der Waals surface area (Å²) in [4.78, 5) is 29.1. The van der Waals surface area contributed by atoms with Crippen LogP contribution >= 0.6 is 11.6 Å². The van der Waals surface area contributed by atoms with Crippen molar-refractivity contribution in [3.05, 3.63) is 118 Å². The van der Waals surface area contributed by atoms with Crippen LogP contribution in [0.1, 0.15) is 48.8 Å². The number of hydrogen-bond donors (Lipinski definition) is 1. The maximum atomic E-state index is 13.8. The van der Waals surface area contributed by atoms with Crippen molar-refractivity contribution in [3.63, 3.8) is 0 Å². The second kappa shape index (κ2) is 13.9. The SMILES string of the molecule is O=C(NCCC1=CCCCC1)[C@H](Cc1ccccc1)N(Cc1ccc(F)cc1)C(=O)Cc1ccc(Cl)cc1. The Morgan fingerprint density at radius 1 is 0.895 bits per heavy atom. The Hall–Kier alpha value is -3.44. The molecule has 0 aliphatic heterocycles. The normalized spacial score (nSPS) is 13.9. The highest BCUT2D eigenvalue weighted by Crippen LogP contribution is 2.20. The standard InChI is InChI=1S/C32H34ClFN2O2/c33-28-15-11-26(12-16-28)22-31(37)36(23-27-13-17-29(34)18-14-27)30(21-25-9-5-2-6-10-25)32(38)35-20-19-24-7-3-1-4-8-24/h2,5-7,9-18,30H,1,3-4,8,19-23H2,(H,35,38)/t30-/m0/s1. The van der Waals surface area contributed by atoms with Crippen molar-refractivity contribution in [2.24, 2.45) is 0 Å². The minimum Gasteiger partial charge on any atom is -0.354 e. The van der Waals surface area contributed by atoms with E-state index in [2.05, 4.69) is 11.4 Å². The molecule has 1 aliphatic carbocycles. The third-order valence-electron chi connectivity index (χ3n) is 6.94. The maximum Gasteiger partial charge on any atom is 0.243 e. The van der Waals surface area contributed by atoms with Gasteiger partial charge in [-0.3, -0.25) is 9.59 Å². The number of rotatable bonds is 11. The highest BCUT2D eigenvalue weighted by molar-refractivity contribution is 6.30. The number of carbonyl (C=O) groups is 2. The maximum absolute atomic E-state index is 13.8. The Bertz CT molecular complexity index is 1230. The molecule has 4 nitrogen and oxygen atoms in total. The Morgan fingerprint density at radius 2 is 1.61 bits per heavy atom. The number of nitrogens with one attached hydrogen (secondary N) is 1. The number of benzene rings is 3. The van der Waals surface area contributed by atoms with Crippen LogP contribution in [0, 0.1) is 5.82 Å². The Kier molecular flexibility index (Phi) is 10.1. The fraction of sp³-hybridized carbons (Fsp3) is 0.312. The van der Waals surface area contributed by atoms with E-state index in [1.54, 1.807) is 29.2 Å². The van der Waals surface area contributed by atoms with Crippen LogP contribution in [-0.4, -0.2) is 29.3 Å². The molecule has 1 N–H and O–H groups in total. The summed E-state index contributed by atoms with van der Waals surface area (Å²) in [6, 6.07) is 22.2. The molecule has 0 fully saturated rings. The Balaban J connectivity index is 1.58. The summed E-state index contributed by atoms with van der Waals surface area (Å²) in [6.45, 7) is 0.731. The molecule has 38 heavy (non-hydrogen) atoms. The van der Waals surface area contributed by atoms with Gasteiger partial charge in [-0.25, -0.2) is 4.39 Å². The van der Waals surface area contributed by atoms with Gasteiger partial charge in [-0.1, -0.05) is 77.8 Å². The Morgan fingerprint density at radius 3 is 2.29 bits per heavy atom. The average molecular weight is 533 g/mol. The molecule has 6 heteroatoms. The van der Waals surface area contributed by atoms with Crippen molar-refractivity contribution < 1.29 is 14.0 Å². The smallest absolute Gasteiger partial charge is 0.243 e.